The number of carbonyl (C=O) groups is 1. The summed E-state index contributed by atoms with van der Waals surface area (Å²) in [4.78, 5) is 10.8. The molecule has 1 N–H and O–H groups in total. The van der Waals surface area contributed by atoms with Gasteiger partial charge < -0.3 is 10.1 Å². The van der Waals surface area contributed by atoms with E-state index >= 15 is 0 Å². The highest BCUT2D eigenvalue weighted by Crippen LogP contribution is 2.22. The van der Waals surface area contributed by atoms with Gasteiger partial charge in [0, 0.05) is 13.5 Å². The van der Waals surface area contributed by atoms with Crippen molar-refractivity contribution < 1.29 is 9.53 Å². The van der Waals surface area contributed by atoms with E-state index in [-0.39, 0.29) is 5.91 Å². The second-order valence-electron chi connectivity index (χ2n) is 3.98. The predicted molar refractivity (Wildman–Crippen MR) is 64.9 cm³/mol. The van der Waals surface area contributed by atoms with E-state index in [1.807, 2.05) is 13.0 Å². The fourth-order valence-corrected chi connectivity index (χ4v) is 1.71. The number of hydrogen-bond acceptors (Lipinski definition) is 2. The van der Waals surface area contributed by atoms with Crippen molar-refractivity contribution in [2.75, 3.05) is 13.7 Å². The minimum atomic E-state index is 0.0166. The van der Waals surface area contributed by atoms with Crippen LogP contribution in [0.25, 0.3) is 0 Å². The first-order chi connectivity index (χ1) is 7.54. The Morgan fingerprint density at radius 1 is 1.31 bits per heavy atom. The number of rotatable bonds is 4. The van der Waals surface area contributed by atoms with Gasteiger partial charge in [0.25, 0.3) is 0 Å². The van der Waals surface area contributed by atoms with Crippen LogP contribution in [-0.2, 0) is 11.2 Å². The topological polar surface area (TPSA) is 38.3 Å². The average molecular weight is 221 g/mol. The minimum Gasteiger partial charge on any atom is -0.496 e. The molecule has 0 aliphatic rings. The third kappa shape index (κ3) is 3.26. The van der Waals surface area contributed by atoms with Gasteiger partial charge in [-0.05, 0) is 43.0 Å². The highest BCUT2D eigenvalue weighted by Gasteiger charge is 2.04. The van der Waals surface area contributed by atoms with Crippen LogP contribution in [0.3, 0.4) is 0 Å². The largest absolute Gasteiger partial charge is 0.496 e. The van der Waals surface area contributed by atoms with Crippen molar-refractivity contribution in [2.24, 2.45) is 0 Å². The molecule has 88 valence electrons. The zero-order valence-electron chi connectivity index (χ0n) is 10.4. The lowest BCUT2D eigenvalue weighted by Crippen LogP contribution is -2.22. The number of ether oxygens (including phenoxy) is 1. The third-order valence-corrected chi connectivity index (χ3v) is 2.62. The molecule has 1 aromatic rings. The van der Waals surface area contributed by atoms with Gasteiger partial charge in [0.1, 0.15) is 5.75 Å². The summed E-state index contributed by atoms with van der Waals surface area (Å²) in [5.74, 6) is 0.934. The molecule has 0 bridgehead atoms. The maximum Gasteiger partial charge on any atom is 0.216 e. The zero-order chi connectivity index (χ0) is 12.1. The Morgan fingerprint density at radius 2 is 2.00 bits per heavy atom. The summed E-state index contributed by atoms with van der Waals surface area (Å²) in [5, 5.41) is 2.80. The van der Waals surface area contributed by atoms with Crippen LogP contribution < -0.4 is 10.1 Å². The molecule has 0 aliphatic carbocycles. The SMILES string of the molecule is COc1cc(C)c(CCNC(C)=O)cc1C. The first-order valence-corrected chi connectivity index (χ1v) is 5.43. The molecule has 3 heteroatoms. The van der Waals surface area contributed by atoms with E-state index in [1.54, 1.807) is 7.11 Å². The maximum atomic E-state index is 10.8. The molecule has 0 unspecified atom stereocenters. The van der Waals surface area contributed by atoms with Crippen molar-refractivity contribution in [1.29, 1.82) is 0 Å². The van der Waals surface area contributed by atoms with E-state index in [0.29, 0.717) is 6.54 Å². The van der Waals surface area contributed by atoms with Crippen LogP contribution in [-0.4, -0.2) is 19.6 Å². The van der Waals surface area contributed by atoms with Gasteiger partial charge in [-0.25, -0.2) is 0 Å². The third-order valence-electron chi connectivity index (χ3n) is 2.62. The van der Waals surface area contributed by atoms with E-state index in [1.165, 1.54) is 18.1 Å². The highest BCUT2D eigenvalue weighted by molar-refractivity contribution is 5.72. The number of nitrogens with one attached hydrogen (secondary N) is 1. The smallest absolute Gasteiger partial charge is 0.216 e. The van der Waals surface area contributed by atoms with Crippen molar-refractivity contribution in [1.82, 2.24) is 5.32 Å². The summed E-state index contributed by atoms with van der Waals surface area (Å²) in [6.07, 6.45) is 0.857. The van der Waals surface area contributed by atoms with Crippen LogP contribution in [0.2, 0.25) is 0 Å². The lowest BCUT2D eigenvalue weighted by molar-refractivity contribution is -0.118. The van der Waals surface area contributed by atoms with Crippen molar-refractivity contribution in [3.05, 3.63) is 28.8 Å². The molecule has 1 rings (SSSR count). The van der Waals surface area contributed by atoms with Crippen molar-refractivity contribution in [3.8, 4) is 5.75 Å². The first-order valence-electron chi connectivity index (χ1n) is 5.43. The maximum absolute atomic E-state index is 10.8. The summed E-state index contributed by atoms with van der Waals surface area (Å²) in [6.45, 7) is 6.30. The van der Waals surface area contributed by atoms with Crippen molar-refractivity contribution >= 4 is 5.91 Å². The number of methoxy groups -OCH3 is 1. The van der Waals surface area contributed by atoms with Gasteiger partial charge in [-0.3, -0.25) is 4.79 Å². The Bertz CT molecular complexity index is 386. The molecule has 0 radical (unpaired) electrons. The standard InChI is InChI=1S/C13H19NO2/c1-9-8-13(16-4)10(2)7-12(9)5-6-14-11(3)15/h7-8H,5-6H2,1-4H3,(H,14,15). The monoisotopic (exact) mass is 221 g/mol. The molecule has 0 spiro atoms. The van der Waals surface area contributed by atoms with Crippen molar-refractivity contribution in [3.63, 3.8) is 0 Å². The Hall–Kier alpha value is -1.51. The number of carbonyl (C=O) groups excluding carboxylic acids is 1. The molecule has 0 atom stereocenters. The summed E-state index contributed by atoms with van der Waals surface area (Å²) in [5.41, 5.74) is 3.59. The van der Waals surface area contributed by atoms with Crippen LogP contribution >= 0.6 is 0 Å². The van der Waals surface area contributed by atoms with Crippen LogP contribution in [0.5, 0.6) is 5.75 Å². The van der Waals surface area contributed by atoms with E-state index < -0.39 is 0 Å². The zero-order valence-corrected chi connectivity index (χ0v) is 10.4. The van der Waals surface area contributed by atoms with E-state index in [9.17, 15) is 4.79 Å². The van der Waals surface area contributed by atoms with Gasteiger partial charge in [0.15, 0.2) is 0 Å². The number of amides is 1. The molecule has 0 saturated heterocycles. The lowest BCUT2D eigenvalue weighted by Gasteiger charge is -2.11. The Morgan fingerprint density at radius 3 is 2.56 bits per heavy atom. The van der Waals surface area contributed by atoms with Gasteiger partial charge >= 0.3 is 0 Å². The number of benzene rings is 1. The molecule has 16 heavy (non-hydrogen) atoms. The van der Waals surface area contributed by atoms with Gasteiger partial charge in [-0.2, -0.15) is 0 Å². The van der Waals surface area contributed by atoms with Crippen LogP contribution in [0.1, 0.15) is 23.6 Å². The Kier molecular flexibility index (Phi) is 4.35. The summed E-state index contributed by atoms with van der Waals surface area (Å²) in [6, 6.07) is 4.16. The lowest BCUT2D eigenvalue weighted by atomic mass is 10.0. The molecule has 0 fully saturated rings. The molecule has 0 heterocycles. The molecule has 1 aromatic carbocycles. The van der Waals surface area contributed by atoms with Crippen LogP contribution in [0.4, 0.5) is 0 Å². The second-order valence-corrected chi connectivity index (χ2v) is 3.98. The van der Waals surface area contributed by atoms with Crippen LogP contribution in [0.15, 0.2) is 12.1 Å². The van der Waals surface area contributed by atoms with E-state index in [2.05, 4.69) is 18.3 Å². The van der Waals surface area contributed by atoms with Gasteiger partial charge in [0.2, 0.25) is 5.91 Å². The predicted octanol–water partition coefficient (Wildman–Crippen LogP) is 1.99. The molecule has 0 aliphatic heterocycles. The summed E-state index contributed by atoms with van der Waals surface area (Å²) >= 11 is 0. The normalized spacial score (nSPS) is 10.0. The van der Waals surface area contributed by atoms with Gasteiger partial charge in [0.05, 0.1) is 7.11 Å². The molecule has 3 nitrogen and oxygen atoms in total. The minimum absolute atomic E-state index is 0.0166. The molecule has 0 aromatic heterocycles. The van der Waals surface area contributed by atoms with E-state index in [4.69, 9.17) is 4.74 Å². The quantitative estimate of drug-likeness (QED) is 0.844. The Balaban J connectivity index is 2.73. The highest BCUT2D eigenvalue weighted by atomic mass is 16.5. The number of aryl methyl sites for hydroxylation is 2. The molecular weight excluding hydrogens is 202 g/mol. The fraction of sp³-hybridized carbons (Fsp3) is 0.462. The van der Waals surface area contributed by atoms with Crippen LogP contribution in [0, 0.1) is 13.8 Å². The summed E-state index contributed by atoms with van der Waals surface area (Å²) < 4.78 is 5.25. The first kappa shape index (κ1) is 12.6. The van der Waals surface area contributed by atoms with E-state index in [0.717, 1.165) is 17.7 Å². The Labute approximate surface area is 96.8 Å². The fourth-order valence-electron chi connectivity index (χ4n) is 1.71. The van der Waals surface area contributed by atoms with Gasteiger partial charge in [-0.15, -0.1) is 0 Å². The van der Waals surface area contributed by atoms with Gasteiger partial charge in [-0.1, -0.05) is 6.07 Å². The molecule has 0 saturated carbocycles. The molecular formula is C13H19NO2. The number of hydrogen-bond donors (Lipinski definition) is 1. The summed E-state index contributed by atoms with van der Waals surface area (Å²) in [7, 11) is 1.68. The van der Waals surface area contributed by atoms with Crippen molar-refractivity contribution in [2.45, 2.75) is 27.2 Å². The second kappa shape index (κ2) is 5.54. The molecule has 1 amide bonds. The average Bonchev–Trinajstić information content (AvgIpc) is 2.22.